The number of carbonyl (C=O) groups is 2. The molecule has 2 aromatic rings. The number of carbonyl (C=O) groups excluding carboxylic acids is 2. The maximum atomic E-state index is 13.2. The minimum Gasteiger partial charge on any atom is -0.333 e. The van der Waals surface area contributed by atoms with E-state index in [0.717, 1.165) is 62.7 Å². The molecule has 0 atom stereocenters. The van der Waals surface area contributed by atoms with E-state index >= 15 is 0 Å². The zero-order chi connectivity index (χ0) is 20.8. The number of hydrogen-bond acceptors (Lipinski definition) is 4. The van der Waals surface area contributed by atoms with E-state index in [1.165, 1.54) is 12.6 Å². The van der Waals surface area contributed by atoms with Crippen molar-refractivity contribution in [2.24, 2.45) is 5.92 Å². The molecule has 2 heterocycles. The van der Waals surface area contributed by atoms with Gasteiger partial charge in [0, 0.05) is 43.6 Å². The molecule has 1 aliphatic heterocycles. The minimum atomic E-state index is -0.104. The number of nitrogens with zero attached hydrogens (tertiary/aromatic N) is 4. The molecule has 1 saturated carbocycles. The third-order valence-corrected chi connectivity index (χ3v) is 5.97. The van der Waals surface area contributed by atoms with Gasteiger partial charge in [0.05, 0.1) is 6.20 Å². The first-order valence-electron chi connectivity index (χ1n) is 11.2. The maximum absolute atomic E-state index is 13.2. The van der Waals surface area contributed by atoms with Gasteiger partial charge in [-0.25, -0.2) is 4.98 Å². The standard InChI is InChI=1S/C24H30N4O2/c29-23(19-11-12-19)28-16-8-4-2-1-3-7-15-27(18-20-9-5-6-10-22(20)28)24(30)21-17-25-13-14-26-21/h5-6,9-10,13-14,17,19H,1-4,7-8,11-12,15-16,18H2. The van der Waals surface area contributed by atoms with E-state index in [1.807, 2.05) is 34.1 Å². The molecule has 6 nitrogen and oxygen atoms in total. The summed E-state index contributed by atoms with van der Waals surface area (Å²) in [5.74, 6) is 0.308. The molecule has 0 bridgehead atoms. The molecule has 1 aromatic heterocycles. The number of hydrogen-bond donors (Lipinski definition) is 0. The van der Waals surface area contributed by atoms with Crippen LogP contribution in [0.1, 0.15) is 67.4 Å². The van der Waals surface area contributed by atoms with E-state index in [-0.39, 0.29) is 17.7 Å². The molecular formula is C24H30N4O2. The zero-order valence-corrected chi connectivity index (χ0v) is 17.5. The lowest BCUT2D eigenvalue weighted by molar-refractivity contribution is -0.119. The molecule has 2 amide bonds. The number of para-hydroxylation sites is 1. The Labute approximate surface area is 178 Å². The largest absolute Gasteiger partial charge is 0.333 e. The van der Waals surface area contributed by atoms with E-state index in [9.17, 15) is 9.59 Å². The van der Waals surface area contributed by atoms with Gasteiger partial charge in [0.2, 0.25) is 5.91 Å². The number of fused-ring (bicyclic) bond motifs is 1. The van der Waals surface area contributed by atoms with Gasteiger partial charge >= 0.3 is 0 Å². The normalized spacial score (nSPS) is 18.5. The van der Waals surface area contributed by atoms with E-state index in [0.29, 0.717) is 18.8 Å². The Kier molecular flexibility index (Phi) is 6.72. The molecule has 6 heteroatoms. The fourth-order valence-electron chi connectivity index (χ4n) is 4.12. The van der Waals surface area contributed by atoms with Crippen LogP contribution in [0, 0.1) is 5.92 Å². The number of rotatable bonds is 2. The molecule has 2 aliphatic rings. The summed E-state index contributed by atoms with van der Waals surface area (Å²) in [5.41, 5.74) is 2.33. The van der Waals surface area contributed by atoms with Gasteiger partial charge in [-0.2, -0.15) is 0 Å². The van der Waals surface area contributed by atoms with Crippen LogP contribution >= 0.6 is 0 Å². The van der Waals surface area contributed by atoms with Crippen LogP contribution in [0.2, 0.25) is 0 Å². The average Bonchev–Trinajstić information content (AvgIpc) is 3.62. The minimum absolute atomic E-state index is 0.104. The number of anilines is 1. The lowest BCUT2D eigenvalue weighted by Crippen LogP contribution is -2.36. The van der Waals surface area contributed by atoms with Gasteiger partial charge in [0.15, 0.2) is 0 Å². The molecule has 158 valence electrons. The highest BCUT2D eigenvalue weighted by Gasteiger charge is 2.34. The van der Waals surface area contributed by atoms with Crippen LogP contribution in [0.3, 0.4) is 0 Å². The van der Waals surface area contributed by atoms with E-state index in [4.69, 9.17) is 0 Å². The van der Waals surface area contributed by atoms with Crippen molar-refractivity contribution in [1.29, 1.82) is 0 Å². The highest BCUT2D eigenvalue weighted by Crippen LogP contribution is 2.34. The first-order valence-corrected chi connectivity index (χ1v) is 11.2. The zero-order valence-electron chi connectivity index (χ0n) is 17.5. The van der Waals surface area contributed by atoms with Gasteiger partial charge in [-0.1, -0.05) is 43.9 Å². The Hall–Kier alpha value is -2.76. The Balaban J connectivity index is 1.64. The van der Waals surface area contributed by atoms with Crippen LogP contribution in [-0.4, -0.2) is 39.8 Å². The van der Waals surface area contributed by atoms with Crippen LogP contribution in [0.15, 0.2) is 42.9 Å². The van der Waals surface area contributed by atoms with Crippen molar-refractivity contribution >= 4 is 17.5 Å². The van der Waals surface area contributed by atoms with Crippen LogP contribution < -0.4 is 4.90 Å². The third kappa shape index (κ3) is 5.04. The predicted molar refractivity (Wildman–Crippen MR) is 116 cm³/mol. The number of benzene rings is 1. The van der Waals surface area contributed by atoms with Crippen molar-refractivity contribution < 1.29 is 9.59 Å². The van der Waals surface area contributed by atoms with Gasteiger partial charge in [-0.15, -0.1) is 0 Å². The lowest BCUT2D eigenvalue weighted by atomic mass is 10.1. The van der Waals surface area contributed by atoms with Crippen LogP contribution in [-0.2, 0) is 11.3 Å². The third-order valence-electron chi connectivity index (χ3n) is 5.97. The first-order chi connectivity index (χ1) is 14.7. The first kappa shape index (κ1) is 20.5. The smallest absolute Gasteiger partial charge is 0.274 e. The van der Waals surface area contributed by atoms with Crippen molar-refractivity contribution in [3.05, 3.63) is 54.1 Å². The van der Waals surface area contributed by atoms with E-state index in [1.54, 1.807) is 12.4 Å². The van der Waals surface area contributed by atoms with Crippen molar-refractivity contribution in [3.8, 4) is 0 Å². The molecule has 0 radical (unpaired) electrons. The lowest BCUT2D eigenvalue weighted by Gasteiger charge is -2.28. The van der Waals surface area contributed by atoms with Crippen LogP contribution in [0.4, 0.5) is 5.69 Å². The van der Waals surface area contributed by atoms with Gasteiger partial charge in [-0.05, 0) is 37.3 Å². The SMILES string of the molecule is O=C(c1cnccn1)N1CCCCCCCCN(C(=O)C2CC2)c2ccccc2C1. The highest BCUT2D eigenvalue weighted by molar-refractivity contribution is 5.97. The van der Waals surface area contributed by atoms with Crippen molar-refractivity contribution in [2.75, 3.05) is 18.0 Å². The fraction of sp³-hybridized carbons (Fsp3) is 0.500. The van der Waals surface area contributed by atoms with Gasteiger partial charge in [0.1, 0.15) is 5.69 Å². The molecule has 0 saturated heterocycles. The second-order valence-electron chi connectivity index (χ2n) is 8.33. The molecule has 1 fully saturated rings. The summed E-state index contributed by atoms with van der Waals surface area (Å²) in [5, 5.41) is 0. The number of amides is 2. The Morgan fingerprint density at radius 1 is 0.900 bits per heavy atom. The van der Waals surface area contributed by atoms with Gasteiger partial charge in [0.25, 0.3) is 5.91 Å². The molecule has 0 unspecified atom stereocenters. The molecule has 0 spiro atoms. The van der Waals surface area contributed by atoms with Crippen LogP contribution in [0.25, 0.3) is 0 Å². The molecule has 1 aromatic carbocycles. The fourth-order valence-corrected chi connectivity index (χ4v) is 4.12. The summed E-state index contributed by atoms with van der Waals surface area (Å²) in [6, 6.07) is 8.04. The molecule has 30 heavy (non-hydrogen) atoms. The summed E-state index contributed by atoms with van der Waals surface area (Å²) >= 11 is 0. The van der Waals surface area contributed by atoms with Crippen molar-refractivity contribution in [1.82, 2.24) is 14.9 Å². The quantitative estimate of drug-likeness (QED) is 0.749. The summed E-state index contributed by atoms with van der Waals surface area (Å²) in [4.78, 5) is 38.4. The van der Waals surface area contributed by atoms with E-state index < -0.39 is 0 Å². The topological polar surface area (TPSA) is 66.4 Å². The summed E-state index contributed by atoms with van der Waals surface area (Å²) in [6.07, 6.45) is 13.2. The number of aromatic nitrogens is 2. The Morgan fingerprint density at radius 2 is 1.63 bits per heavy atom. The van der Waals surface area contributed by atoms with Gasteiger partial charge in [-0.3, -0.25) is 14.6 Å². The maximum Gasteiger partial charge on any atom is 0.274 e. The Morgan fingerprint density at radius 3 is 2.37 bits per heavy atom. The molecule has 4 rings (SSSR count). The molecular weight excluding hydrogens is 376 g/mol. The highest BCUT2D eigenvalue weighted by atomic mass is 16.2. The predicted octanol–water partition coefficient (Wildman–Crippen LogP) is 4.22. The summed E-state index contributed by atoms with van der Waals surface area (Å²) in [7, 11) is 0. The van der Waals surface area contributed by atoms with Crippen molar-refractivity contribution in [3.63, 3.8) is 0 Å². The van der Waals surface area contributed by atoms with Crippen LogP contribution in [0.5, 0.6) is 0 Å². The molecule has 0 N–H and O–H groups in total. The molecule has 1 aliphatic carbocycles. The average molecular weight is 407 g/mol. The van der Waals surface area contributed by atoms with E-state index in [2.05, 4.69) is 9.97 Å². The summed E-state index contributed by atoms with van der Waals surface area (Å²) < 4.78 is 0. The van der Waals surface area contributed by atoms with Crippen molar-refractivity contribution in [2.45, 2.75) is 57.9 Å². The second-order valence-corrected chi connectivity index (χ2v) is 8.33. The Bertz CT molecular complexity index is 867. The van der Waals surface area contributed by atoms with Gasteiger partial charge < -0.3 is 9.80 Å². The summed E-state index contributed by atoms with van der Waals surface area (Å²) in [6.45, 7) is 1.91. The second kappa shape index (κ2) is 9.83. The monoisotopic (exact) mass is 406 g/mol.